The normalized spacial score (nSPS) is 9.31. The molecule has 0 fully saturated rings. The molecule has 1 aromatic rings. The number of nitrogens with zero attached hydrogens (tertiary/aromatic N) is 1. The van der Waals surface area contributed by atoms with Gasteiger partial charge < -0.3 is 5.32 Å². The standard InChI is InChI=1S/C7H6N2O3S/c10-7(13)8-5-1-3-6(4-2-5)9(11)12/h1-4H,(H2,8,10,13). The number of anilines is 1. The first-order chi connectivity index (χ1) is 6.09. The number of nitro benzene ring substituents is 1. The van der Waals surface area contributed by atoms with E-state index >= 15 is 0 Å². The van der Waals surface area contributed by atoms with E-state index in [9.17, 15) is 14.9 Å². The van der Waals surface area contributed by atoms with E-state index < -0.39 is 10.2 Å². The highest BCUT2D eigenvalue weighted by atomic mass is 32.1. The third kappa shape index (κ3) is 2.75. The molecule has 0 aliphatic carbocycles. The maximum absolute atomic E-state index is 10.5. The second kappa shape index (κ2) is 3.90. The lowest BCUT2D eigenvalue weighted by molar-refractivity contribution is -0.384. The van der Waals surface area contributed by atoms with Crippen LogP contribution in [0, 0.1) is 10.1 Å². The zero-order chi connectivity index (χ0) is 9.84. The van der Waals surface area contributed by atoms with Crippen molar-refractivity contribution in [1.29, 1.82) is 0 Å². The minimum atomic E-state index is -0.508. The fraction of sp³-hybridized carbons (Fsp3) is 0. The summed E-state index contributed by atoms with van der Waals surface area (Å²) < 4.78 is 0. The highest BCUT2D eigenvalue weighted by Gasteiger charge is 2.03. The molecule has 0 saturated carbocycles. The minimum absolute atomic E-state index is 0.0165. The van der Waals surface area contributed by atoms with Gasteiger partial charge in [0.15, 0.2) is 0 Å². The smallest absolute Gasteiger partial charge is 0.280 e. The molecule has 1 rings (SSSR count). The first kappa shape index (κ1) is 9.53. The molecule has 6 heteroatoms. The van der Waals surface area contributed by atoms with Crippen LogP contribution in [0.3, 0.4) is 0 Å². The van der Waals surface area contributed by atoms with Crippen molar-refractivity contribution in [1.82, 2.24) is 0 Å². The van der Waals surface area contributed by atoms with Crippen LogP contribution in [-0.2, 0) is 0 Å². The molecule has 0 aliphatic rings. The molecule has 5 nitrogen and oxygen atoms in total. The number of non-ortho nitro benzene ring substituents is 1. The predicted octanol–water partition coefficient (Wildman–Crippen LogP) is 2.06. The summed E-state index contributed by atoms with van der Waals surface area (Å²) in [6.45, 7) is 0. The van der Waals surface area contributed by atoms with Crippen LogP contribution >= 0.6 is 12.6 Å². The third-order valence-corrected chi connectivity index (χ3v) is 1.44. The van der Waals surface area contributed by atoms with Crippen molar-refractivity contribution in [3.63, 3.8) is 0 Å². The van der Waals surface area contributed by atoms with Crippen molar-refractivity contribution in [2.24, 2.45) is 0 Å². The van der Waals surface area contributed by atoms with Gasteiger partial charge in [0.2, 0.25) is 0 Å². The zero-order valence-electron chi connectivity index (χ0n) is 6.43. The Kier molecular flexibility index (Phi) is 2.86. The Hall–Kier alpha value is -1.56. The van der Waals surface area contributed by atoms with Gasteiger partial charge >= 0.3 is 0 Å². The van der Waals surface area contributed by atoms with E-state index in [2.05, 4.69) is 17.9 Å². The van der Waals surface area contributed by atoms with E-state index in [0.717, 1.165) is 0 Å². The molecule has 0 bridgehead atoms. The number of thiol groups is 1. The molecule has 0 aromatic heterocycles. The highest BCUT2D eigenvalue weighted by Crippen LogP contribution is 2.15. The molecule has 0 spiro atoms. The van der Waals surface area contributed by atoms with Crippen LogP contribution in [0.4, 0.5) is 16.2 Å². The predicted molar refractivity (Wildman–Crippen MR) is 51.1 cm³/mol. The van der Waals surface area contributed by atoms with Gasteiger partial charge in [0.05, 0.1) is 4.92 Å². The number of hydrogen-bond donors (Lipinski definition) is 2. The van der Waals surface area contributed by atoms with Crippen molar-refractivity contribution in [2.75, 3.05) is 5.32 Å². The number of carbonyl (C=O) groups excluding carboxylic acids is 1. The molecule has 0 saturated heterocycles. The molecule has 0 aliphatic heterocycles. The average molecular weight is 198 g/mol. The van der Waals surface area contributed by atoms with E-state index in [1.165, 1.54) is 24.3 Å². The van der Waals surface area contributed by atoms with Gasteiger partial charge in [0.25, 0.3) is 10.9 Å². The van der Waals surface area contributed by atoms with Gasteiger partial charge in [-0.3, -0.25) is 14.9 Å². The number of nitro groups is 1. The summed E-state index contributed by atoms with van der Waals surface area (Å²) in [7, 11) is 0. The summed E-state index contributed by atoms with van der Waals surface area (Å²) >= 11 is 3.49. The lowest BCUT2D eigenvalue weighted by Gasteiger charge is -1.98. The SMILES string of the molecule is O=C(S)Nc1ccc([N+](=O)[O-])cc1. The number of nitrogens with one attached hydrogen (secondary N) is 1. The summed E-state index contributed by atoms with van der Waals surface area (Å²) in [5.41, 5.74) is 0.461. The number of carbonyl (C=O) groups is 1. The quantitative estimate of drug-likeness (QED) is 0.434. The second-order valence-corrected chi connectivity index (χ2v) is 2.64. The molecule has 1 aromatic carbocycles. The number of benzene rings is 1. The van der Waals surface area contributed by atoms with Crippen LogP contribution in [-0.4, -0.2) is 10.2 Å². The lowest BCUT2D eigenvalue weighted by atomic mass is 10.3. The van der Waals surface area contributed by atoms with Crippen molar-refractivity contribution < 1.29 is 9.72 Å². The maximum atomic E-state index is 10.5. The lowest BCUT2D eigenvalue weighted by Crippen LogP contribution is -2.00. The summed E-state index contributed by atoms with van der Waals surface area (Å²) in [4.78, 5) is 20.2. The summed E-state index contributed by atoms with van der Waals surface area (Å²) in [6, 6.07) is 5.48. The van der Waals surface area contributed by atoms with E-state index in [4.69, 9.17) is 0 Å². The molecule has 1 N–H and O–H groups in total. The van der Waals surface area contributed by atoms with E-state index in [0.29, 0.717) is 5.69 Å². The van der Waals surface area contributed by atoms with Gasteiger partial charge in [0.1, 0.15) is 0 Å². The van der Waals surface area contributed by atoms with Gasteiger partial charge in [-0.05, 0) is 12.1 Å². The molecular weight excluding hydrogens is 192 g/mol. The van der Waals surface area contributed by atoms with Crippen LogP contribution in [0.15, 0.2) is 24.3 Å². The average Bonchev–Trinajstić information content (AvgIpc) is 2.04. The third-order valence-electron chi connectivity index (χ3n) is 1.33. The molecule has 0 atom stereocenters. The van der Waals surface area contributed by atoms with E-state index in [-0.39, 0.29) is 5.69 Å². The van der Waals surface area contributed by atoms with Crippen molar-refractivity contribution in [3.8, 4) is 0 Å². The highest BCUT2D eigenvalue weighted by molar-refractivity contribution is 7.96. The Balaban J connectivity index is 2.81. The largest absolute Gasteiger partial charge is 0.317 e. The fourth-order valence-electron chi connectivity index (χ4n) is 0.790. The Morgan fingerprint density at radius 1 is 1.38 bits per heavy atom. The Morgan fingerprint density at radius 2 is 1.92 bits per heavy atom. The van der Waals surface area contributed by atoms with E-state index in [1.807, 2.05) is 0 Å². The zero-order valence-corrected chi connectivity index (χ0v) is 7.32. The molecule has 0 radical (unpaired) electrons. The summed E-state index contributed by atoms with van der Waals surface area (Å²) in [5, 5.41) is 12.1. The van der Waals surface area contributed by atoms with Crippen LogP contribution in [0.1, 0.15) is 0 Å². The van der Waals surface area contributed by atoms with Crippen molar-refractivity contribution in [3.05, 3.63) is 34.4 Å². The maximum Gasteiger partial charge on any atom is 0.280 e. The first-order valence-corrected chi connectivity index (χ1v) is 3.79. The number of hydrogen-bond acceptors (Lipinski definition) is 3. The molecule has 1 amide bonds. The van der Waals surface area contributed by atoms with Crippen molar-refractivity contribution >= 4 is 29.2 Å². The van der Waals surface area contributed by atoms with Gasteiger partial charge in [0, 0.05) is 17.8 Å². The summed E-state index contributed by atoms with van der Waals surface area (Å²) in [5.74, 6) is 0. The Bertz CT molecular complexity index is 336. The molecule has 13 heavy (non-hydrogen) atoms. The van der Waals surface area contributed by atoms with Gasteiger partial charge in [-0.25, -0.2) is 0 Å². The summed E-state index contributed by atoms with van der Waals surface area (Å²) in [6.07, 6.45) is 0. The van der Waals surface area contributed by atoms with Gasteiger partial charge in [-0.15, -0.1) is 0 Å². The molecule has 0 unspecified atom stereocenters. The van der Waals surface area contributed by atoms with Gasteiger partial charge in [-0.2, -0.15) is 0 Å². The van der Waals surface area contributed by atoms with Crippen LogP contribution in [0.25, 0.3) is 0 Å². The second-order valence-electron chi connectivity index (χ2n) is 2.23. The number of rotatable bonds is 2. The minimum Gasteiger partial charge on any atom is -0.317 e. The van der Waals surface area contributed by atoms with Crippen molar-refractivity contribution in [2.45, 2.75) is 0 Å². The van der Waals surface area contributed by atoms with Crippen LogP contribution in [0.5, 0.6) is 0 Å². The molecule has 68 valence electrons. The molecule has 0 heterocycles. The monoisotopic (exact) mass is 198 g/mol. The first-order valence-electron chi connectivity index (χ1n) is 3.34. The van der Waals surface area contributed by atoms with Crippen LogP contribution < -0.4 is 5.32 Å². The van der Waals surface area contributed by atoms with E-state index in [1.54, 1.807) is 0 Å². The topological polar surface area (TPSA) is 72.2 Å². The fourth-order valence-corrected chi connectivity index (χ4v) is 0.919. The van der Waals surface area contributed by atoms with Gasteiger partial charge in [-0.1, -0.05) is 12.6 Å². The Morgan fingerprint density at radius 3 is 2.31 bits per heavy atom. The molecular formula is C7H6N2O3S. The Labute approximate surface area is 79.3 Å². The van der Waals surface area contributed by atoms with Crippen LogP contribution in [0.2, 0.25) is 0 Å². The number of amides is 1.